The molecule has 0 saturated heterocycles. The Bertz CT molecular complexity index is 372. The van der Waals surface area contributed by atoms with Crippen LogP contribution >= 0.6 is 0 Å². The minimum Gasteiger partial charge on any atom is -0.423 e. The average Bonchev–Trinajstić information content (AvgIpc) is 2.26. The molecule has 0 saturated carbocycles. The van der Waals surface area contributed by atoms with Crippen LogP contribution in [-0.4, -0.2) is 34.7 Å². The number of nitrogens with zero attached hydrogens (tertiary/aromatic N) is 1. The van der Waals surface area contributed by atoms with E-state index >= 15 is 0 Å². The molecule has 0 amide bonds. The van der Waals surface area contributed by atoms with E-state index in [1.807, 2.05) is 6.92 Å². The van der Waals surface area contributed by atoms with Gasteiger partial charge < -0.3 is 10.0 Å². The zero-order valence-electron chi connectivity index (χ0n) is 10.5. The van der Waals surface area contributed by atoms with Gasteiger partial charge in [-0.25, -0.2) is 4.39 Å². The van der Waals surface area contributed by atoms with Crippen molar-refractivity contribution in [1.29, 1.82) is 0 Å². The molecule has 0 atom stereocenters. The molecule has 1 rings (SSSR count). The smallest absolute Gasteiger partial charge is 0.423 e. The minimum absolute atomic E-state index is 0.179. The van der Waals surface area contributed by atoms with Gasteiger partial charge in [-0.15, -0.1) is 0 Å². The van der Waals surface area contributed by atoms with E-state index in [-0.39, 0.29) is 5.46 Å². The molecule has 0 aliphatic rings. The summed E-state index contributed by atoms with van der Waals surface area (Å²) in [5, 5.41) is 17.9. The Morgan fingerprint density at radius 1 is 1.35 bits per heavy atom. The van der Waals surface area contributed by atoms with Gasteiger partial charge in [-0.2, -0.15) is 0 Å². The zero-order chi connectivity index (χ0) is 13.0. The number of hydrogen-bond donors (Lipinski definition) is 2. The molecular formula is C12H19BFNO2. The third-order valence-electron chi connectivity index (χ3n) is 2.89. The Morgan fingerprint density at radius 3 is 2.41 bits per heavy atom. The normalized spacial score (nSPS) is 11.3. The first-order valence-electron chi connectivity index (χ1n) is 5.84. The van der Waals surface area contributed by atoms with E-state index in [4.69, 9.17) is 10.0 Å². The summed E-state index contributed by atoms with van der Waals surface area (Å²) < 4.78 is 13.7. The highest BCUT2D eigenvalue weighted by Gasteiger charge is 2.15. The Kier molecular flexibility index (Phi) is 5.12. The lowest BCUT2D eigenvalue weighted by Crippen LogP contribution is -2.32. The summed E-state index contributed by atoms with van der Waals surface area (Å²) in [7, 11) is -1.62. The lowest BCUT2D eigenvalue weighted by atomic mass is 9.80. The van der Waals surface area contributed by atoms with Crippen molar-refractivity contribution >= 4 is 12.6 Å². The van der Waals surface area contributed by atoms with Crippen molar-refractivity contribution in [3.05, 3.63) is 29.6 Å². The van der Waals surface area contributed by atoms with Crippen LogP contribution in [0.1, 0.15) is 26.3 Å². The molecule has 0 unspecified atom stereocenters. The van der Waals surface area contributed by atoms with Crippen LogP contribution in [0, 0.1) is 5.82 Å². The third kappa shape index (κ3) is 3.80. The van der Waals surface area contributed by atoms with Gasteiger partial charge in [0.1, 0.15) is 5.82 Å². The predicted octanol–water partition coefficient (Wildman–Crippen LogP) is 0.736. The number of benzene rings is 1. The van der Waals surface area contributed by atoms with Crippen molar-refractivity contribution < 1.29 is 14.4 Å². The zero-order valence-corrected chi connectivity index (χ0v) is 10.5. The van der Waals surface area contributed by atoms with Crippen LogP contribution in [0.25, 0.3) is 0 Å². The highest BCUT2D eigenvalue weighted by molar-refractivity contribution is 6.58. The highest BCUT2D eigenvalue weighted by Crippen LogP contribution is 2.11. The monoisotopic (exact) mass is 239 g/mol. The molecule has 0 aliphatic heterocycles. The average molecular weight is 239 g/mol. The Hall–Kier alpha value is -0.905. The lowest BCUT2D eigenvalue weighted by molar-refractivity contribution is 0.222. The van der Waals surface area contributed by atoms with Crippen LogP contribution in [0.15, 0.2) is 18.2 Å². The number of hydrogen-bond acceptors (Lipinski definition) is 3. The van der Waals surface area contributed by atoms with E-state index in [0.717, 1.165) is 6.54 Å². The van der Waals surface area contributed by atoms with Gasteiger partial charge in [-0.3, -0.25) is 4.90 Å². The summed E-state index contributed by atoms with van der Waals surface area (Å²) in [6.07, 6.45) is 0. The standard InChI is InChI=1S/C12H19BFNO2/c1-4-15(9(2)3)8-10-5-6-11(13(16)17)7-12(10)14/h5-7,9,16-17H,4,8H2,1-3H3. The molecule has 2 N–H and O–H groups in total. The van der Waals surface area contributed by atoms with Crippen LogP contribution in [0.2, 0.25) is 0 Å². The Morgan fingerprint density at radius 2 is 2.00 bits per heavy atom. The molecule has 0 aliphatic carbocycles. The Labute approximate surface area is 102 Å². The molecule has 0 heterocycles. The van der Waals surface area contributed by atoms with Crippen molar-refractivity contribution in [2.75, 3.05) is 6.54 Å². The van der Waals surface area contributed by atoms with Crippen molar-refractivity contribution in [2.45, 2.75) is 33.4 Å². The molecule has 0 spiro atoms. The summed E-state index contributed by atoms with van der Waals surface area (Å²) in [4.78, 5) is 2.13. The van der Waals surface area contributed by atoms with Crippen molar-refractivity contribution in [3.63, 3.8) is 0 Å². The number of rotatable bonds is 5. The highest BCUT2D eigenvalue weighted by atomic mass is 19.1. The van der Waals surface area contributed by atoms with E-state index < -0.39 is 12.9 Å². The largest absolute Gasteiger partial charge is 0.488 e. The van der Waals surface area contributed by atoms with Gasteiger partial charge in [-0.05, 0) is 31.9 Å². The molecule has 1 aromatic rings. The van der Waals surface area contributed by atoms with E-state index in [1.165, 1.54) is 12.1 Å². The first kappa shape index (κ1) is 14.2. The fourth-order valence-electron chi connectivity index (χ4n) is 1.73. The van der Waals surface area contributed by atoms with Crippen LogP contribution in [0.3, 0.4) is 0 Å². The van der Waals surface area contributed by atoms with Crippen molar-refractivity contribution in [3.8, 4) is 0 Å². The maximum absolute atomic E-state index is 13.7. The summed E-state index contributed by atoms with van der Waals surface area (Å²) >= 11 is 0. The molecule has 0 radical (unpaired) electrons. The predicted molar refractivity (Wildman–Crippen MR) is 67.4 cm³/mol. The topological polar surface area (TPSA) is 43.7 Å². The van der Waals surface area contributed by atoms with Gasteiger partial charge in [0.25, 0.3) is 0 Å². The molecule has 0 bridgehead atoms. The van der Waals surface area contributed by atoms with Crippen LogP contribution < -0.4 is 5.46 Å². The second kappa shape index (κ2) is 6.14. The van der Waals surface area contributed by atoms with E-state index in [1.54, 1.807) is 6.07 Å². The van der Waals surface area contributed by atoms with Crippen LogP contribution in [-0.2, 0) is 6.54 Å². The SMILES string of the molecule is CCN(Cc1ccc(B(O)O)cc1F)C(C)C. The molecule has 94 valence electrons. The molecular weight excluding hydrogens is 220 g/mol. The maximum Gasteiger partial charge on any atom is 0.488 e. The molecule has 17 heavy (non-hydrogen) atoms. The summed E-state index contributed by atoms with van der Waals surface area (Å²) in [5.74, 6) is -0.394. The van der Waals surface area contributed by atoms with Gasteiger partial charge in [0.05, 0.1) is 0 Å². The van der Waals surface area contributed by atoms with E-state index in [0.29, 0.717) is 18.2 Å². The quantitative estimate of drug-likeness (QED) is 0.744. The van der Waals surface area contributed by atoms with Crippen LogP contribution in [0.5, 0.6) is 0 Å². The minimum atomic E-state index is -1.62. The fourth-order valence-corrected chi connectivity index (χ4v) is 1.73. The van der Waals surface area contributed by atoms with Gasteiger partial charge in [-0.1, -0.05) is 19.1 Å². The molecule has 1 aromatic carbocycles. The van der Waals surface area contributed by atoms with Crippen molar-refractivity contribution in [2.24, 2.45) is 0 Å². The van der Waals surface area contributed by atoms with Gasteiger partial charge >= 0.3 is 7.12 Å². The summed E-state index contributed by atoms with van der Waals surface area (Å²) in [6.45, 7) is 7.54. The van der Waals surface area contributed by atoms with Crippen molar-refractivity contribution in [1.82, 2.24) is 4.90 Å². The van der Waals surface area contributed by atoms with Gasteiger partial charge in [0, 0.05) is 18.2 Å². The Balaban J connectivity index is 2.85. The van der Waals surface area contributed by atoms with E-state index in [9.17, 15) is 4.39 Å². The van der Waals surface area contributed by atoms with Crippen LogP contribution in [0.4, 0.5) is 4.39 Å². The number of halogens is 1. The fraction of sp³-hybridized carbons (Fsp3) is 0.500. The summed E-state index contributed by atoms with van der Waals surface area (Å²) in [6, 6.07) is 4.67. The first-order valence-corrected chi connectivity index (χ1v) is 5.84. The molecule has 5 heteroatoms. The second-order valence-corrected chi connectivity index (χ2v) is 4.38. The van der Waals surface area contributed by atoms with Gasteiger partial charge in [0.2, 0.25) is 0 Å². The molecule has 0 aromatic heterocycles. The van der Waals surface area contributed by atoms with Gasteiger partial charge in [0.15, 0.2) is 0 Å². The van der Waals surface area contributed by atoms with E-state index in [2.05, 4.69) is 18.7 Å². The first-order chi connectivity index (χ1) is 7.95. The second-order valence-electron chi connectivity index (χ2n) is 4.38. The maximum atomic E-state index is 13.7. The summed E-state index contributed by atoms with van der Waals surface area (Å²) in [5.41, 5.74) is 0.754. The third-order valence-corrected chi connectivity index (χ3v) is 2.89. The lowest BCUT2D eigenvalue weighted by Gasteiger charge is -2.25. The molecule has 0 fully saturated rings. The molecule has 3 nitrogen and oxygen atoms in total.